The summed E-state index contributed by atoms with van der Waals surface area (Å²) >= 11 is 10.8. The van der Waals surface area contributed by atoms with Crippen LogP contribution in [0, 0.1) is 10.1 Å². The molecule has 10 heteroatoms. The van der Waals surface area contributed by atoms with Crippen molar-refractivity contribution >= 4 is 52.5 Å². The highest BCUT2D eigenvalue weighted by Gasteiger charge is 2.33. The summed E-state index contributed by atoms with van der Waals surface area (Å²) in [6.45, 7) is 3.68. The zero-order chi connectivity index (χ0) is 20.4. The van der Waals surface area contributed by atoms with Crippen LogP contribution in [0.3, 0.4) is 0 Å². The van der Waals surface area contributed by atoms with Crippen molar-refractivity contribution in [1.82, 2.24) is 10.2 Å². The molecule has 2 aromatic rings. The van der Waals surface area contributed by atoms with Crippen LogP contribution in [0.25, 0.3) is 17.4 Å². The van der Waals surface area contributed by atoms with E-state index in [-0.39, 0.29) is 45.0 Å². The van der Waals surface area contributed by atoms with E-state index >= 15 is 0 Å². The number of nitrogens with zero attached hydrogens (tertiary/aromatic N) is 2. The summed E-state index contributed by atoms with van der Waals surface area (Å²) < 4.78 is 5.59. The van der Waals surface area contributed by atoms with Gasteiger partial charge in [0.1, 0.15) is 17.1 Å². The van der Waals surface area contributed by atoms with Crippen LogP contribution >= 0.6 is 23.8 Å². The topological polar surface area (TPSA) is 106 Å². The number of benzene rings is 1. The molecule has 2 heterocycles. The summed E-state index contributed by atoms with van der Waals surface area (Å²) in [5.74, 6) is -0.892. The van der Waals surface area contributed by atoms with E-state index in [2.05, 4.69) is 11.9 Å². The van der Waals surface area contributed by atoms with Crippen LogP contribution in [0.15, 0.2) is 53.0 Å². The van der Waals surface area contributed by atoms with Gasteiger partial charge in [-0.2, -0.15) is 0 Å². The van der Waals surface area contributed by atoms with Gasteiger partial charge in [0.15, 0.2) is 5.11 Å². The minimum atomic E-state index is -0.661. The first-order valence-electron chi connectivity index (χ1n) is 7.85. The van der Waals surface area contributed by atoms with E-state index in [0.717, 1.165) is 0 Å². The Bertz CT molecular complexity index is 1060. The van der Waals surface area contributed by atoms with Crippen molar-refractivity contribution < 1.29 is 18.9 Å². The zero-order valence-corrected chi connectivity index (χ0v) is 15.7. The lowest BCUT2D eigenvalue weighted by atomic mass is 10.1. The highest BCUT2D eigenvalue weighted by atomic mass is 35.5. The molecule has 142 valence electrons. The summed E-state index contributed by atoms with van der Waals surface area (Å²) in [4.78, 5) is 36.5. The SMILES string of the molecule is C=CCN1C(=O)/C(=C/c2ccc(-c3ccc(Cl)cc3[N+](=O)[O-])o2)C(=O)NC1=S. The standard InChI is InChI=1S/C18H12ClN3O5S/c1-2-7-21-17(24)13(16(23)20-18(21)28)9-11-4-6-15(27-11)12-5-3-10(19)8-14(12)22(25)26/h2-6,8-9H,1,7H2,(H,20,23,28)/b13-9+. The van der Waals surface area contributed by atoms with Crippen molar-refractivity contribution in [2.45, 2.75) is 0 Å². The van der Waals surface area contributed by atoms with Gasteiger partial charge in [0.25, 0.3) is 17.5 Å². The molecule has 0 spiro atoms. The maximum atomic E-state index is 12.5. The molecule has 2 amide bonds. The number of hydrogen-bond donors (Lipinski definition) is 1. The van der Waals surface area contributed by atoms with Crippen molar-refractivity contribution in [2.24, 2.45) is 0 Å². The molecule has 1 aliphatic heterocycles. The maximum Gasteiger partial charge on any atom is 0.281 e. The van der Waals surface area contributed by atoms with E-state index in [0.29, 0.717) is 0 Å². The monoisotopic (exact) mass is 417 g/mol. The maximum absolute atomic E-state index is 12.5. The largest absolute Gasteiger partial charge is 0.456 e. The molecule has 1 aromatic carbocycles. The first-order valence-corrected chi connectivity index (χ1v) is 8.64. The highest BCUT2D eigenvalue weighted by molar-refractivity contribution is 7.80. The van der Waals surface area contributed by atoms with Crippen LogP contribution in [-0.2, 0) is 9.59 Å². The van der Waals surface area contributed by atoms with Gasteiger partial charge in [-0.25, -0.2) is 0 Å². The molecule has 0 bridgehead atoms. The van der Waals surface area contributed by atoms with Crippen LogP contribution in [0.1, 0.15) is 5.76 Å². The molecule has 3 rings (SSSR count). The van der Waals surface area contributed by atoms with Gasteiger partial charge >= 0.3 is 0 Å². The Morgan fingerprint density at radius 1 is 1.32 bits per heavy atom. The number of nitro benzene ring substituents is 1. The fourth-order valence-electron chi connectivity index (χ4n) is 2.57. The number of amides is 2. The van der Waals surface area contributed by atoms with Gasteiger partial charge in [-0.3, -0.25) is 29.9 Å². The highest BCUT2D eigenvalue weighted by Crippen LogP contribution is 2.33. The fraction of sp³-hybridized carbons (Fsp3) is 0.0556. The van der Waals surface area contributed by atoms with Crippen molar-refractivity contribution in [3.05, 3.63) is 69.5 Å². The predicted octanol–water partition coefficient (Wildman–Crippen LogP) is 3.32. The molecular formula is C18H12ClN3O5S. The zero-order valence-electron chi connectivity index (χ0n) is 14.2. The van der Waals surface area contributed by atoms with E-state index in [9.17, 15) is 19.7 Å². The van der Waals surface area contributed by atoms with E-state index < -0.39 is 16.7 Å². The third-order valence-electron chi connectivity index (χ3n) is 3.83. The Kier molecular flexibility index (Phi) is 5.39. The molecule has 0 unspecified atom stereocenters. The van der Waals surface area contributed by atoms with Gasteiger partial charge < -0.3 is 4.42 Å². The van der Waals surface area contributed by atoms with Gasteiger partial charge in [0.05, 0.1) is 10.5 Å². The van der Waals surface area contributed by atoms with Crippen LogP contribution in [0.4, 0.5) is 5.69 Å². The van der Waals surface area contributed by atoms with Gasteiger partial charge in [0.2, 0.25) is 0 Å². The molecule has 8 nitrogen and oxygen atoms in total. The molecule has 0 radical (unpaired) electrons. The summed E-state index contributed by atoms with van der Waals surface area (Å²) in [7, 11) is 0. The number of nitrogens with one attached hydrogen (secondary N) is 1. The second-order valence-corrected chi connectivity index (χ2v) is 6.47. The van der Waals surface area contributed by atoms with Crippen molar-refractivity contribution in [3.8, 4) is 11.3 Å². The normalized spacial score (nSPS) is 15.7. The number of hydrogen-bond acceptors (Lipinski definition) is 6. The number of thiocarbonyl (C=S) groups is 1. The lowest BCUT2D eigenvalue weighted by molar-refractivity contribution is -0.384. The van der Waals surface area contributed by atoms with Crippen LogP contribution in [0.5, 0.6) is 0 Å². The average Bonchev–Trinajstić information content (AvgIpc) is 3.10. The number of halogens is 1. The fourth-order valence-corrected chi connectivity index (χ4v) is 2.99. The molecule has 1 aliphatic rings. The molecule has 0 saturated carbocycles. The molecule has 1 N–H and O–H groups in total. The van der Waals surface area contributed by atoms with Crippen LogP contribution < -0.4 is 5.32 Å². The van der Waals surface area contributed by atoms with Gasteiger partial charge in [-0.1, -0.05) is 17.7 Å². The summed E-state index contributed by atoms with van der Waals surface area (Å²) in [6.07, 6.45) is 2.73. The number of nitro groups is 1. The minimum absolute atomic E-state index is 0.0102. The van der Waals surface area contributed by atoms with E-state index in [4.69, 9.17) is 28.2 Å². The molecule has 0 atom stereocenters. The second-order valence-electron chi connectivity index (χ2n) is 5.64. The van der Waals surface area contributed by atoms with Crippen molar-refractivity contribution in [2.75, 3.05) is 6.54 Å². The Labute approximate surface area is 169 Å². The Hall–Kier alpha value is -3.30. The molecule has 1 aromatic heterocycles. The van der Waals surface area contributed by atoms with E-state index in [1.54, 1.807) is 0 Å². The number of rotatable bonds is 5. The summed E-state index contributed by atoms with van der Waals surface area (Å²) in [5.41, 5.74) is -0.190. The Morgan fingerprint density at radius 3 is 2.75 bits per heavy atom. The second kappa shape index (κ2) is 7.75. The van der Waals surface area contributed by atoms with E-state index in [1.165, 1.54) is 47.4 Å². The van der Waals surface area contributed by atoms with Gasteiger partial charge in [0, 0.05) is 17.6 Å². The number of carbonyl (C=O) groups excluding carboxylic acids is 2. The third kappa shape index (κ3) is 3.71. The smallest absolute Gasteiger partial charge is 0.281 e. The average molecular weight is 418 g/mol. The number of furan rings is 1. The lowest BCUT2D eigenvalue weighted by Crippen LogP contribution is -2.53. The van der Waals surface area contributed by atoms with E-state index in [1.807, 2.05) is 0 Å². The molecule has 28 heavy (non-hydrogen) atoms. The van der Waals surface area contributed by atoms with Gasteiger partial charge in [-0.15, -0.1) is 6.58 Å². The van der Waals surface area contributed by atoms with Crippen molar-refractivity contribution in [3.63, 3.8) is 0 Å². The first-order chi connectivity index (χ1) is 13.3. The van der Waals surface area contributed by atoms with Gasteiger partial charge in [-0.05, 0) is 42.6 Å². The third-order valence-corrected chi connectivity index (χ3v) is 4.39. The van der Waals surface area contributed by atoms with Crippen LogP contribution in [0.2, 0.25) is 5.02 Å². The summed E-state index contributed by atoms with van der Waals surface area (Å²) in [5, 5.41) is 13.9. The Morgan fingerprint density at radius 2 is 2.07 bits per heavy atom. The quantitative estimate of drug-likeness (QED) is 0.200. The molecule has 0 aliphatic carbocycles. The van der Waals surface area contributed by atoms with Crippen LogP contribution in [-0.4, -0.2) is 33.3 Å². The minimum Gasteiger partial charge on any atom is -0.456 e. The molecular weight excluding hydrogens is 406 g/mol. The first kappa shape index (κ1) is 19.5. The number of carbonyl (C=O) groups is 2. The van der Waals surface area contributed by atoms with Crippen molar-refractivity contribution in [1.29, 1.82) is 0 Å². The Balaban J connectivity index is 1.98. The predicted molar refractivity (Wildman–Crippen MR) is 106 cm³/mol. The lowest BCUT2D eigenvalue weighted by Gasteiger charge is -2.27. The molecule has 1 fully saturated rings. The molecule has 1 saturated heterocycles. The summed E-state index contributed by atoms with van der Waals surface area (Å²) in [6, 6.07) is 7.16.